The minimum absolute atomic E-state index is 0.0959. The van der Waals surface area contributed by atoms with E-state index in [0.29, 0.717) is 12.6 Å². The summed E-state index contributed by atoms with van der Waals surface area (Å²) in [6.45, 7) is 2.11. The van der Waals surface area contributed by atoms with Crippen molar-refractivity contribution in [2.45, 2.75) is 32.4 Å². The van der Waals surface area contributed by atoms with Gasteiger partial charge < -0.3 is 9.32 Å². The van der Waals surface area contributed by atoms with Crippen LogP contribution >= 0.6 is 0 Å². The second kappa shape index (κ2) is 4.40. The van der Waals surface area contributed by atoms with Crippen molar-refractivity contribution in [1.29, 1.82) is 5.26 Å². The van der Waals surface area contributed by atoms with Crippen LogP contribution in [0, 0.1) is 17.2 Å². The molecule has 0 N–H and O–H groups in total. The first-order valence-corrected chi connectivity index (χ1v) is 5.45. The Bertz CT molecular complexity index is 401. The first-order chi connectivity index (χ1) is 7.72. The molecule has 1 atom stereocenters. The molecule has 16 heavy (non-hydrogen) atoms. The molecule has 0 spiro atoms. The highest BCUT2D eigenvalue weighted by molar-refractivity contribution is 5.81. The van der Waals surface area contributed by atoms with Crippen molar-refractivity contribution in [3.05, 3.63) is 24.2 Å². The number of nitriles is 1. The molecule has 0 radical (unpaired) electrons. The van der Waals surface area contributed by atoms with Gasteiger partial charge in [0, 0.05) is 6.04 Å². The summed E-state index contributed by atoms with van der Waals surface area (Å²) in [5.41, 5.74) is 0. The van der Waals surface area contributed by atoms with E-state index in [4.69, 9.17) is 9.68 Å². The van der Waals surface area contributed by atoms with Gasteiger partial charge in [0.15, 0.2) is 0 Å². The standard InChI is InChI=1S/C12H14N2O2/c1-9(7-13)12(15)14(10-4-5-10)8-11-3-2-6-16-11/h2-3,6,9-10H,4-5,8H2,1H3. The first-order valence-electron chi connectivity index (χ1n) is 5.45. The molecule has 1 fully saturated rings. The summed E-state index contributed by atoms with van der Waals surface area (Å²) < 4.78 is 5.23. The molecule has 1 saturated carbocycles. The number of amides is 1. The third-order valence-electron chi connectivity index (χ3n) is 2.74. The van der Waals surface area contributed by atoms with Crippen molar-refractivity contribution >= 4 is 5.91 Å². The lowest BCUT2D eigenvalue weighted by Crippen LogP contribution is -2.35. The number of furan rings is 1. The molecule has 0 saturated heterocycles. The van der Waals surface area contributed by atoms with Crippen LogP contribution in [0.1, 0.15) is 25.5 Å². The van der Waals surface area contributed by atoms with Crippen molar-refractivity contribution < 1.29 is 9.21 Å². The van der Waals surface area contributed by atoms with Crippen molar-refractivity contribution in [1.82, 2.24) is 4.90 Å². The molecule has 1 heterocycles. The van der Waals surface area contributed by atoms with Crippen LogP contribution in [0.3, 0.4) is 0 Å². The summed E-state index contributed by atoms with van der Waals surface area (Å²) in [6, 6.07) is 5.94. The smallest absolute Gasteiger partial charge is 0.240 e. The van der Waals surface area contributed by atoms with E-state index in [-0.39, 0.29) is 5.91 Å². The van der Waals surface area contributed by atoms with Crippen LogP contribution in [0.25, 0.3) is 0 Å². The Labute approximate surface area is 94.5 Å². The lowest BCUT2D eigenvalue weighted by atomic mass is 10.1. The highest BCUT2D eigenvalue weighted by Crippen LogP contribution is 2.29. The summed E-state index contributed by atoms with van der Waals surface area (Å²) in [7, 11) is 0. The quantitative estimate of drug-likeness (QED) is 0.775. The zero-order chi connectivity index (χ0) is 11.5. The van der Waals surface area contributed by atoms with Gasteiger partial charge in [0.25, 0.3) is 0 Å². The van der Waals surface area contributed by atoms with Crippen LogP contribution in [-0.4, -0.2) is 16.8 Å². The molecule has 1 aliphatic carbocycles. The van der Waals surface area contributed by atoms with E-state index in [9.17, 15) is 4.79 Å². The van der Waals surface area contributed by atoms with Crippen molar-refractivity contribution in [2.24, 2.45) is 5.92 Å². The van der Waals surface area contributed by atoms with Crippen LogP contribution in [0.2, 0.25) is 0 Å². The summed E-state index contributed by atoms with van der Waals surface area (Å²) >= 11 is 0. The number of carbonyl (C=O) groups excluding carboxylic acids is 1. The zero-order valence-corrected chi connectivity index (χ0v) is 9.22. The van der Waals surface area contributed by atoms with Gasteiger partial charge in [-0.1, -0.05) is 0 Å². The molecule has 0 bridgehead atoms. The molecule has 0 aromatic carbocycles. The largest absolute Gasteiger partial charge is 0.467 e. The average Bonchev–Trinajstić information content (AvgIpc) is 3.01. The molecule has 1 aliphatic rings. The highest BCUT2D eigenvalue weighted by atomic mass is 16.3. The normalized spacial score (nSPS) is 16.5. The monoisotopic (exact) mass is 218 g/mol. The van der Waals surface area contributed by atoms with Crippen LogP contribution < -0.4 is 0 Å². The second-order valence-electron chi connectivity index (χ2n) is 4.13. The van der Waals surface area contributed by atoms with Gasteiger partial charge in [0.05, 0.1) is 18.9 Å². The maximum atomic E-state index is 11.9. The highest BCUT2D eigenvalue weighted by Gasteiger charge is 2.34. The number of rotatable bonds is 4. The molecule has 1 aromatic heterocycles. The molecule has 1 amide bonds. The maximum absolute atomic E-state index is 11.9. The lowest BCUT2D eigenvalue weighted by molar-refractivity contribution is -0.134. The van der Waals surface area contributed by atoms with E-state index < -0.39 is 5.92 Å². The number of nitrogens with zero attached hydrogens (tertiary/aromatic N) is 2. The van der Waals surface area contributed by atoms with Gasteiger partial charge >= 0.3 is 0 Å². The van der Waals surface area contributed by atoms with Gasteiger partial charge in [-0.3, -0.25) is 4.79 Å². The maximum Gasteiger partial charge on any atom is 0.240 e. The summed E-state index contributed by atoms with van der Waals surface area (Å²) in [5, 5.41) is 8.76. The van der Waals surface area contributed by atoms with E-state index in [1.54, 1.807) is 24.2 Å². The summed E-state index contributed by atoms with van der Waals surface area (Å²) in [5.74, 6) is 0.0994. The van der Waals surface area contributed by atoms with Gasteiger partial charge in [-0.15, -0.1) is 0 Å². The van der Waals surface area contributed by atoms with Gasteiger partial charge in [0.1, 0.15) is 11.7 Å². The van der Waals surface area contributed by atoms with E-state index in [1.165, 1.54) is 0 Å². The van der Waals surface area contributed by atoms with Crippen molar-refractivity contribution in [2.75, 3.05) is 0 Å². The Balaban J connectivity index is 2.06. The van der Waals surface area contributed by atoms with Gasteiger partial charge in [-0.25, -0.2) is 0 Å². The third-order valence-corrected chi connectivity index (χ3v) is 2.74. The Morgan fingerprint density at radius 2 is 2.50 bits per heavy atom. The molecule has 4 heteroatoms. The molecule has 0 aliphatic heterocycles. The molecule has 2 rings (SSSR count). The van der Waals surface area contributed by atoms with Crippen LogP contribution in [0.5, 0.6) is 0 Å². The summed E-state index contributed by atoms with van der Waals surface area (Å²) in [4.78, 5) is 13.7. The Kier molecular flexibility index (Phi) is 2.95. The molecular weight excluding hydrogens is 204 g/mol. The van der Waals surface area contributed by atoms with Gasteiger partial charge in [-0.2, -0.15) is 5.26 Å². The van der Waals surface area contributed by atoms with Crippen LogP contribution in [-0.2, 0) is 11.3 Å². The fourth-order valence-corrected chi connectivity index (χ4v) is 1.65. The van der Waals surface area contributed by atoms with Crippen molar-refractivity contribution in [3.63, 3.8) is 0 Å². The van der Waals surface area contributed by atoms with Crippen LogP contribution in [0.15, 0.2) is 22.8 Å². The predicted molar refractivity (Wildman–Crippen MR) is 57.1 cm³/mol. The third kappa shape index (κ3) is 2.25. The SMILES string of the molecule is CC(C#N)C(=O)N(Cc1ccco1)C1CC1. The molecular formula is C12H14N2O2. The molecule has 84 valence electrons. The van der Waals surface area contributed by atoms with E-state index in [2.05, 4.69) is 0 Å². The topological polar surface area (TPSA) is 57.2 Å². The van der Waals surface area contributed by atoms with Crippen molar-refractivity contribution in [3.8, 4) is 6.07 Å². The van der Waals surface area contributed by atoms with E-state index in [1.807, 2.05) is 12.1 Å². The Morgan fingerprint density at radius 1 is 1.75 bits per heavy atom. The number of hydrogen-bond acceptors (Lipinski definition) is 3. The second-order valence-corrected chi connectivity index (χ2v) is 4.13. The van der Waals surface area contributed by atoms with Crippen LogP contribution in [0.4, 0.5) is 0 Å². The minimum Gasteiger partial charge on any atom is -0.467 e. The predicted octanol–water partition coefficient (Wildman–Crippen LogP) is 1.93. The number of carbonyl (C=O) groups is 1. The van der Waals surface area contributed by atoms with Gasteiger partial charge in [-0.05, 0) is 31.9 Å². The van der Waals surface area contributed by atoms with Gasteiger partial charge in [0.2, 0.25) is 5.91 Å². The zero-order valence-electron chi connectivity index (χ0n) is 9.22. The van der Waals surface area contributed by atoms with E-state index in [0.717, 1.165) is 18.6 Å². The lowest BCUT2D eigenvalue weighted by Gasteiger charge is -2.22. The molecule has 4 nitrogen and oxygen atoms in total. The summed E-state index contributed by atoms with van der Waals surface area (Å²) in [6.07, 6.45) is 3.66. The fourth-order valence-electron chi connectivity index (χ4n) is 1.65. The fraction of sp³-hybridized carbons (Fsp3) is 0.500. The molecule has 1 aromatic rings. The van der Waals surface area contributed by atoms with E-state index >= 15 is 0 Å². The molecule has 1 unspecified atom stereocenters. The first kappa shape index (κ1) is 10.7. The number of hydrogen-bond donors (Lipinski definition) is 0. The Hall–Kier alpha value is -1.76. The Morgan fingerprint density at radius 3 is 3.00 bits per heavy atom. The average molecular weight is 218 g/mol. The minimum atomic E-state index is -0.574.